The third-order valence-corrected chi connectivity index (χ3v) is 7.51. The predicted octanol–water partition coefficient (Wildman–Crippen LogP) is 6.59. The quantitative estimate of drug-likeness (QED) is 0.144. The van der Waals surface area contributed by atoms with E-state index in [1.807, 2.05) is 42.5 Å². The van der Waals surface area contributed by atoms with Crippen LogP contribution in [0.1, 0.15) is 17.5 Å². The molecule has 0 saturated heterocycles. The molecular formula is C25H24BrCl2N5O2S. The monoisotopic (exact) mass is 607 g/mol. The fourth-order valence-corrected chi connectivity index (χ4v) is 5.36. The van der Waals surface area contributed by atoms with Gasteiger partial charge in [-0.05, 0) is 81.3 Å². The molecule has 188 valence electrons. The van der Waals surface area contributed by atoms with Gasteiger partial charge in [-0.1, -0.05) is 59.2 Å². The Morgan fingerprint density at radius 1 is 1.06 bits per heavy atom. The zero-order valence-electron chi connectivity index (χ0n) is 19.5. The average molecular weight is 609 g/mol. The molecular weight excluding hydrogens is 585 g/mol. The number of methoxy groups -OCH3 is 1. The number of hydrogen-bond acceptors (Lipinski definition) is 7. The van der Waals surface area contributed by atoms with E-state index in [-0.39, 0.29) is 6.61 Å². The summed E-state index contributed by atoms with van der Waals surface area (Å²) in [5, 5.41) is 17.4. The molecule has 1 aromatic heterocycles. The van der Waals surface area contributed by atoms with Gasteiger partial charge in [-0.25, -0.2) is 0 Å². The molecule has 0 radical (unpaired) electrons. The molecule has 0 fully saturated rings. The van der Waals surface area contributed by atoms with Gasteiger partial charge in [0.2, 0.25) is 5.16 Å². The molecule has 0 amide bonds. The highest BCUT2D eigenvalue weighted by Gasteiger charge is 2.14. The molecule has 0 aliphatic heterocycles. The summed E-state index contributed by atoms with van der Waals surface area (Å²) in [7, 11) is 1.62. The van der Waals surface area contributed by atoms with E-state index in [0.717, 1.165) is 45.2 Å². The Balaban J connectivity index is 1.26. The van der Waals surface area contributed by atoms with Crippen LogP contribution in [-0.4, -0.2) is 39.6 Å². The van der Waals surface area contributed by atoms with Crippen molar-refractivity contribution in [2.75, 3.05) is 19.4 Å². The Hall–Kier alpha value is -2.30. The Labute approximate surface area is 232 Å². The summed E-state index contributed by atoms with van der Waals surface area (Å²) in [6.45, 7) is 1.78. The van der Waals surface area contributed by atoms with E-state index in [0.29, 0.717) is 28.1 Å². The summed E-state index contributed by atoms with van der Waals surface area (Å²) in [5.74, 6) is 2.13. The van der Waals surface area contributed by atoms with Crippen LogP contribution in [0.4, 0.5) is 0 Å². The molecule has 0 bridgehead atoms. The van der Waals surface area contributed by atoms with Crippen LogP contribution in [0.25, 0.3) is 5.69 Å². The van der Waals surface area contributed by atoms with Gasteiger partial charge in [0.15, 0.2) is 11.5 Å². The topological polar surface area (TPSA) is 74.1 Å². The standard InChI is InChI=1S/C25H24BrCl2N5O2S/c1-34-23-14-17(13-20(26)24(23)35-16-19-21(27)9-5-10-22(19)28)15-29-11-6-12-36-25-30-31-32-33(25)18-7-3-2-4-8-18/h2-5,7-10,13-14,29H,6,11-12,15-16H2,1H3. The highest BCUT2D eigenvalue weighted by molar-refractivity contribution is 9.10. The first-order valence-corrected chi connectivity index (χ1v) is 13.7. The average Bonchev–Trinajstić information content (AvgIpc) is 3.35. The number of thioether (sulfide) groups is 1. The first kappa shape index (κ1) is 26.8. The van der Waals surface area contributed by atoms with E-state index in [1.165, 1.54) is 0 Å². The van der Waals surface area contributed by atoms with Gasteiger partial charge in [-0.2, -0.15) is 4.68 Å². The third-order valence-electron chi connectivity index (χ3n) is 5.21. The molecule has 4 aromatic rings. The number of para-hydroxylation sites is 1. The molecule has 0 saturated carbocycles. The maximum absolute atomic E-state index is 6.26. The molecule has 0 aliphatic rings. The minimum absolute atomic E-state index is 0.232. The first-order valence-electron chi connectivity index (χ1n) is 11.2. The number of tetrazole rings is 1. The lowest BCUT2D eigenvalue weighted by molar-refractivity contribution is 0.282. The maximum atomic E-state index is 6.26. The van der Waals surface area contributed by atoms with Crippen molar-refractivity contribution in [3.63, 3.8) is 0 Å². The van der Waals surface area contributed by atoms with Gasteiger partial charge < -0.3 is 14.8 Å². The molecule has 11 heteroatoms. The van der Waals surface area contributed by atoms with Crippen molar-refractivity contribution in [2.45, 2.75) is 24.7 Å². The van der Waals surface area contributed by atoms with Crippen molar-refractivity contribution in [1.29, 1.82) is 0 Å². The minimum atomic E-state index is 0.232. The Morgan fingerprint density at radius 2 is 1.83 bits per heavy atom. The summed E-state index contributed by atoms with van der Waals surface area (Å²) in [5.41, 5.74) is 2.75. The van der Waals surface area contributed by atoms with Crippen molar-refractivity contribution in [3.8, 4) is 17.2 Å². The van der Waals surface area contributed by atoms with Crippen LogP contribution < -0.4 is 14.8 Å². The first-order chi connectivity index (χ1) is 17.6. The third kappa shape index (κ3) is 6.92. The Bertz CT molecular complexity index is 1270. The van der Waals surface area contributed by atoms with E-state index < -0.39 is 0 Å². The van der Waals surface area contributed by atoms with Crippen LogP contribution in [0.15, 0.2) is 70.3 Å². The molecule has 1 heterocycles. The number of hydrogen-bond donors (Lipinski definition) is 1. The van der Waals surface area contributed by atoms with Crippen LogP contribution in [-0.2, 0) is 13.2 Å². The zero-order chi connectivity index (χ0) is 25.3. The molecule has 7 nitrogen and oxygen atoms in total. The minimum Gasteiger partial charge on any atom is -0.493 e. The number of nitrogens with one attached hydrogen (secondary N) is 1. The number of nitrogens with zero attached hydrogens (tertiary/aromatic N) is 4. The van der Waals surface area contributed by atoms with Crippen molar-refractivity contribution >= 4 is 50.9 Å². The van der Waals surface area contributed by atoms with Crippen molar-refractivity contribution in [2.24, 2.45) is 0 Å². The van der Waals surface area contributed by atoms with Gasteiger partial charge in [-0.15, -0.1) is 5.10 Å². The molecule has 3 aromatic carbocycles. The second kappa shape index (κ2) is 13.3. The van der Waals surface area contributed by atoms with Gasteiger partial charge >= 0.3 is 0 Å². The fraction of sp³-hybridized carbons (Fsp3) is 0.240. The largest absolute Gasteiger partial charge is 0.493 e. The Morgan fingerprint density at radius 3 is 2.58 bits per heavy atom. The summed E-state index contributed by atoms with van der Waals surface area (Å²) in [4.78, 5) is 0. The smallest absolute Gasteiger partial charge is 0.214 e. The number of ether oxygens (including phenoxy) is 2. The number of halogens is 3. The second-order valence-corrected chi connectivity index (χ2v) is 10.4. The number of aromatic nitrogens is 4. The number of rotatable bonds is 12. The summed E-state index contributed by atoms with van der Waals surface area (Å²) in [6, 6.07) is 19.2. The normalized spacial score (nSPS) is 11.0. The van der Waals surface area contributed by atoms with Gasteiger partial charge in [0.05, 0.1) is 17.3 Å². The van der Waals surface area contributed by atoms with E-state index >= 15 is 0 Å². The van der Waals surface area contributed by atoms with Crippen molar-refractivity contribution < 1.29 is 9.47 Å². The van der Waals surface area contributed by atoms with E-state index in [1.54, 1.807) is 41.8 Å². The lowest BCUT2D eigenvalue weighted by atomic mass is 10.2. The van der Waals surface area contributed by atoms with Gasteiger partial charge in [0, 0.05) is 27.9 Å². The molecule has 4 rings (SSSR count). The number of benzene rings is 3. The van der Waals surface area contributed by atoms with E-state index in [9.17, 15) is 0 Å². The highest BCUT2D eigenvalue weighted by Crippen LogP contribution is 2.38. The predicted molar refractivity (Wildman–Crippen MR) is 148 cm³/mol. The van der Waals surface area contributed by atoms with Crippen molar-refractivity contribution in [1.82, 2.24) is 25.5 Å². The fourth-order valence-electron chi connectivity index (χ4n) is 3.42. The highest BCUT2D eigenvalue weighted by atomic mass is 79.9. The van der Waals surface area contributed by atoms with Crippen LogP contribution in [0.3, 0.4) is 0 Å². The molecule has 0 unspecified atom stereocenters. The molecule has 36 heavy (non-hydrogen) atoms. The van der Waals surface area contributed by atoms with Crippen LogP contribution in [0.2, 0.25) is 10.0 Å². The molecule has 0 spiro atoms. The van der Waals surface area contributed by atoms with Gasteiger partial charge in [-0.3, -0.25) is 0 Å². The molecule has 1 N–H and O–H groups in total. The van der Waals surface area contributed by atoms with Crippen molar-refractivity contribution in [3.05, 3.63) is 86.3 Å². The SMILES string of the molecule is COc1cc(CNCCCSc2nnnn2-c2ccccc2)cc(Br)c1OCc1c(Cl)cccc1Cl. The van der Waals surface area contributed by atoms with Crippen LogP contribution in [0, 0.1) is 0 Å². The summed E-state index contributed by atoms with van der Waals surface area (Å²) < 4.78 is 14.1. The maximum Gasteiger partial charge on any atom is 0.214 e. The van der Waals surface area contributed by atoms with Gasteiger partial charge in [0.1, 0.15) is 6.61 Å². The second-order valence-electron chi connectivity index (χ2n) is 7.69. The Kier molecular flexibility index (Phi) is 9.89. The summed E-state index contributed by atoms with van der Waals surface area (Å²) >= 11 is 17.8. The van der Waals surface area contributed by atoms with Gasteiger partial charge in [0.25, 0.3) is 0 Å². The van der Waals surface area contributed by atoms with Crippen LogP contribution >= 0.6 is 50.9 Å². The molecule has 0 aliphatic carbocycles. The van der Waals surface area contributed by atoms with E-state index in [2.05, 4.69) is 36.8 Å². The van der Waals surface area contributed by atoms with Crippen LogP contribution in [0.5, 0.6) is 11.5 Å². The zero-order valence-corrected chi connectivity index (χ0v) is 23.4. The lowest BCUT2D eigenvalue weighted by Crippen LogP contribution is -2.15. The van der Waals surface area contributed by atoms with E-state index in [4.69, 9.17) is 32.7 Å². The lowest BCUT2D eigenvalue weighted by Gasteiger charge is -2.16. The molecule has 0 atom stereocenters. The summed E-state index contributed by atoms with van der Waals surface area (Å²) in [6.07, 6.45) is 0.963.